The molecule has 0 spiro atoms. The topological polar surface area (TPSA) is 59.1 Å². The first kappa shape index (κ1) is 15.6. The van der Waals surface area contributed by atoms with Gasteiger partial charge in [0.1, 0.15) is 29.9 Å². The van der Waals surface area contributed by atoms with Gasteiger partial charge in [-0.05, 0) is 22.0 Å². The van der Waals surface area contributed by atoms with Crippen molar-refractivity contribution in [2.24, 2.45) is 0 Å². The van der Waals surface area contributed by atoms with E-state index < -0.39 is 11.6 Å². The van der Waals surface area contributed by atoms with Crippen LogP contribution in [0.5, 0.6) is 0 Å². The van der Waals surface area contributed by atoms with Crippen LogP contribution in [0.15, 0.2) is 22.7 Å². The molecule has 5 nitrogen and oxygen atoms in total. The number of hydrogen-bond donors (Lipinski definition) is 2. The summed E-state index contributed by atoms with van der Waals surface area (Å²) in [6.45, 7) is 0.222. The molecule has 0 aliphatic carbocycles. The average Bonchev–Trinajstić information content (AvgIpc) is 2.45. The summed E-state index contributed by atoms with van der Waals surface area (Å²) in [6, 6.07) is 3.71. The first-order valence-corrected chi connectivity index (χ1v) is 6.79. The molecule has 2 N–H and O–H groups in total. The van der Waals surface area contributed by atoms with E-state index in [1.807, 2.05) is 0 Å². The van der Waals surface area contributed by atoms with Crippen molar-refractivity contribution in [1.82, 2.24) is 9.97 Å². The fourth-order valence-electron chi connectivity index (χ4n) is 1.64. The van der Waals surface area contributed by atoms with Crippen molar-refractivity contribution in [2.75, 3.05) is 24.8 Å². The third kappa shape index (κ3) is 3.85. The van der Waals surface area contributed by atoms with Gasteiger partial charge in [-0.25, -0.2) is 18.7 Å². The van der Waals surface area contributed by atoms with Crippen molar-refractivity contribution in [3.8, 4) is 0 Å². The second-order valence-corrected chi connectivity index (χ2v) is 4.96. The van der Waals surface area contributed by atoms with Gasteiger partial charge < -0.3 is 15.4 Å². The van der Waals surface area contributed by atoms with Crippen LogP contribution in [-0.4, -0.2) is 24.1 Å². The number of nitrogens with one attached hydrogen (secondary N) is 2. The van der Waals surface area contributed by atoms with E-state index in [1.165, 1.54) is 13.2 Å². The Labute approximate surface area is 128 Å². The molecule has 1 aromatic heterocycles. The normalized spacial score (nSPS) is 10.5. The van der Waals surface area contributed by atoms with Gasteiger partial charge >= 0.3 is 0 Å². The molecular formula is C13H13BrF2N4O. The summed E-state index contributed by atoms with van der Waals surface area (Å²) in [5, 5.41) is 5.67. The van der Waals surface area contributed by atoms with Crippen LogP contribution < -0.4 is 10.6 Å². The smallest absolute Gasteiger partial charge is 0.158 e. The molecule has 2 aromatic rings. The minimum atomic E-state index is -0.714. The number of ether oxygens (including phenoxy) is 1. The van der Waals surface area contributed by atoms with E-state index in [0.29, 0.717) is 17.5 Å². The second-order valence-electron chi connectivity index (χ2n) is 4.11. The molecule has 0 amide bonds. The van der Waals surface area contributed by atoms with Gasteiger partial charge in [0.05, 0.1) is 10.2 Å². The number of benzene rings is 1. The van der Waals surface area contributed by atoms with E-state index >= 15 is 0 Å². The van der Waals surface area contributed by atoms with Crippen molar-refractivity contribution in [1.29, 1.82) is 0 Å². The maximum absolute atomic E-state index is 13.7. The Bertz CT molecular complexity index is 654. The van der Waals surface area contributed by atoms with E-state index in [9.17, 15) is 8.78 Å². The number of halogens is 3. The third-order valence-electron chi connectivity index (χ3n) is 2.57. The van der Waals surface area contributed by atoms with E-state index in [4.69, 9.17) is 4.74 Å². The number of nitrogens with zero attached hydrogens (tertiary/aromatic N) is 2. The molecule has 0 unspecified atom stereocenters. The van der Waals surface area contributed by atoms with E-state index in [-0.39, 0.29) is 16.8 Å². The highest BCUT2D eigenvalue weighted by atomic mass is 79.9. The third-order valence-corrected chi connectivity index (χ3v) is 3.18. The lowest BCUT2D eigenvalue weighted by atomic mass is 10.3. The van der Waals surface area contributed by atoms with E-state index in [0.717, 1.165) is 6.07 Å². The number of methoxy groups -OCH3 is 1. The van der Waals surface area contributed by atoms with Crippen LogP contribution in [0.25, 0.3) is 0 Å². The summed E-state index contributed by atoms with van der Waals surface area (Å²) < 4.78 is 32.1. The van der Waals surface area contributed by atoms with Crippen LogP contribution in [0.3, 0.4) is 0 Å². The fraction of sp³-hybridized carbons (Fsp3) is 0.231. The molecule has 112 valence electrons. The molecule has 0 saturated heterocycles. The number of hydrogen-bond acceptors (Lipinski definition) is 5. The van der Waals surface area contributed by atoms with Gasteiger partial charge in [-0.3, -0.25) is 0 Å². The molecule has 8 heteroatoms. The van der Waals surface area contributed by atoms with Gasteiger partial charge in [-0.15, -0.1) is 0 Å². The zero-order chi connectivity index (χ0) is 15.4. The first-order chi connectivity index (χ1) is 10.0. The first-order valence-electron chi connectivity index (χ1n) is 5.99. The lowest BCUT2D eigenvalue weighted by Crippen LogP contribution is -2.05. The molecule has 0 fully saturated rings. The fourth-order valence-corrected chi connectivity index (χ4v) is 1.98. The average molecular weight is 359 g/mol. The molecule has 0 bridgehead atoms. The van der Waals surface area contributed by atoms with Gasteiger partial charge in [0, 0.05) is 26.3 Å². The van der Waals surface area contributed by atoms with Gasteiger partial charge in [-0.1, -0.05) is 0 Å². The van der Waals surface area contributed by atoms with Crippen LogP contribution in [0.1, 0.15) is 5.82 Å². The Balaban J connectivity index is 2.34. The SMILES string of the molecule is CNc1cc(Nc2cc(Br)c(F)cc2F)nc(COC)n1. The Kier molecular flexibility index (Phi) is 5.03. The Hall–Kier alpha value is -1.80. The minimum Gasteiger partial charge on any atom is -0.377 e. The molecule has 0 radical (unpaired) electrons. The summed E-state index contributed by atoms with van der Waals surface area (Å²) in [4.78, 5) is 8.38. The standard InChI is InChI=1S/C13H13BrF2N4O/c1-17-11-5-12(20-13(19-11)6-21-2)18-10-3-7(14)8(15)4-9(10)16/h3-5H,6H2,1-2H3,(H2,17,18,19,20). The highest BCUT2D eigenvalue weighted by Gasteiger charge is 2.10. The zero-order valence-corrected chi connectivity index (χ0v) is 13.0. The largest absolute Gasteiger partial charge is 0.377 e. The van der Waals surface area contributed by atoms with Gasteiger partial charge in [0.25, 0.3) is 0 Å². The van der Waals surface area contributed by atoms with Gasteiger partial charge in [0.2, 0.25) is 0 Å². The molecule has 0 aliphatic heterocycles. The summed E-state index contributed by atoms with van der Waals surface area (Å²) in [5.41, 5.74) is 0.104. The number of aromatic nitrogens is 2. The summed E-state index contributed by atoms with van der Waals surface area (Å²) in [5.74, 6) is -0.0151. The number of rotatable bonds is 5. The van der Waals surface area contributed by atoms with E-state index in [2.05, 4.69) is 36.5 Å². The molecule has 1 heterocycles. The lowest BCUT2D eigenvalue weighted by molar-refractivity contribution is 0.178. The van der Waals surface area contributed by atoms with Gasteiger partial charge in [-0.2, -0.15) is 0 Å². The van der Waals surface area contributed by atoms with Crippen LogP contribution in [-0.2, 0) is 11.3 Å². The van der Waals surface area contributed by atoms with Crippen molar-refractivity contribution in [3.63, 3.8) is 0 Å². The van der Waals surface area contributed by atoms with Crippen molar-refractivity contribution < 1.29 is 13.5 Å². The van der Waals surface area contributed by atoms with Crippen LogP contribution in [0.2, 0.25) is 0 Å². The van der Waals surface area contributed by atoms with Crippen molar-refractivity contribution >= 4 is 33.3 Å². The van der Waals surface area contributed by atoms with Crippen LogP contribution in [0, 0.1) is 11.6 Å². The lowest BCUT2D eigenvalue weighted by Gasteiger charge is -2.11. The zero-order valence-electron chi connectivity index (χ0n) is 11.4. The highest BCUT2D eigenvalue weighted by molar-refractivity contribution is 9.10. The molecular weight excluding hydrogens is 346 g/mol. The predicted octanol–water partition coefficient (Wildman–Crippen LogP) is 3.45. The molecule has 1 aromatic carbocycles. The van der Waals surface area contributed by atoms with Crippen molar-refractivity contribution in [3.05, 3.63) is 40.1 Å². The molecule has 0 aliphatic rings. The van der Waals surface area contributed by atoms with Crippen LogP contribution in [0.4, 0.5) is 26.1 Å². The van der Waals surface area contributed by atoms with Gasteiger partial charge in [0.15, 0.2) is 5.82 Å². The predicted molar refractivity (Wildman–Crippen MR) is 79.6 cm³/mol. The Morgan fingerprint density at radius 3 is 2.52 bits per heavy atom. The summed E-state index contributed by atoms with van der Waals surface area (Å²) in [7, 11) is 3.23. The van der Waals surface area contributed by atoms with Crippen LogP contribution >= 0.6 is 15.9 Å². The quantitative estimate of drug-likeness (QED) is 0.801. The van der Waals surface area contributed by atoms with Crippen molar-refractivity contribution in [2.45, 2.75) is 6.61 Å². The Morgan fingerprint density at radius 2 is 1.86 bits per heavy atom. The molecule has 0 atom stereocenters. The van der Waals surface area contributed by atoms with E-state index in [1.54, 1.807) is 13.1 Å². The molecule has 0 saturated carbocycles. The minimum absolute atomic E-state index is 0.104. The second kappa shape index (κ2) is 6.77. The maximum atomic E-state index is 13.7. The Morgan fingerprint density at radius 1 is 1.14 bits per heavy atom. The highest BCUT2D eigenvalue weighted by Crippen LogP contribution is 2.26. The monoisotopic (exact) mass is 358 g/mol. The summed E-state index contributed by atoms with van der Waals surface area (Å²) >= 11 is 3.01. The molecule has 2 rings (SSSR count). The number of anilines is 3. The molecule has 21 heavy (non-hydrogen) atoms. The summed E-state index contributed by atoms with van der Waals surface area (Å²) in [6.07, 6.45) is 0. The maximum Gasteiger partial charge on any atom is 0.158 e.